The van der Waals surface area contributed by atoms with Crippen molar-refractivity contribution in [3.8, 4) is 0 Å². The fraction of sp³-hybridized carbons (Fsp3) is 0.481. The van der Waals surface area contributed by atoms with Gasteiger partial charge in [-0.25, -0.2) is 9.78 Å². The molecule has 2 N–H and O–H groups in total. The second-order valence-electron chi connectivity index (χ2n) is 10.5. The quantitative estimate of drug-likeness (QED) is 0.625. The number of nitrogens with zero attached hydrogens (tertiary/aromatic N) is 3. The van der Waals surface area contributed by atoms with Crippen LogP contribution < -0.4 is 15.5 Å². The van der Waals surface area contributed by atoms with E-state index in [1.165, 1.54) is 24.0 Å². The van der Waals surface area contributed by atoms with Gasteiger partial charge < -0.3 is 15.1 Å². The van der Waals surface area contributed by atoms with Gasteiger partial charge in [-0.05, 0) is 66.8 Å². The molecule has 35 heavy (non-hydrogen) atoms. The summed E-state index contributed by atoms with van der Waals surface area (Å²) in [7, 11) is 0. The highest BCUT2D eigenvalue weighted by atomic mass is 16.2. The van der Waals surface area contributed by atoms with Crippen molar-refractivity contribution in [2.75, 3.05) is 31.1 Å². The van der Waals surface area contributed by atoms with Crippen molar-refractivity contribution in [1.82, 2.24) is 20.5 Å². The second kappa shape index (κ2) is 8.98. The van der Waals surface area contributed by atoms with Crippen molar-refractivity contribution in [2.24, 2.45) is 5.92 Å². The fourth-order valence-corrected chi connectivity index (χ4v) is 5.33. The molecular formula is C27H33N5O3. The number of hydrogen-bond donors (Lipinski definition) is 2. The molecular weight excluding hydrogens is 442 g/mol. The minimum absolute atomic E-state index is 0.0252. The Kier molecular flexibility index (Phi) is 5.99. The normalized spacial score (nSPS) is 22.4. The average molecular weight is 476 g/mol. The van der Waals surface area contributed by atoms with E-state index in [2.05, 4.69) is 28.5 Å². The number of anilines is 1. The van der Waals surface area contributed by atoms with Gasteiger partial charge in [-0.2, -0.15) is 0 Å². The minimum atomic E-state index is -1.10. The Bertz CT molecular complexity index is 1150. The zero-order valence-electron chi connectivity index (χ0n) is 20.6. The maximum absolute atomic E-state index is 13.2. The number of nitrogens with one attached hydrogen (secondary N) is 2. The standard InChI is InChI=1S/C27H33N5O3/c1-17(2)15-27(25(34)29-26(35)30-27)22-8-6-20(7-9-22)24(33)32-12-10-31(11-13-32)23-18(3)14-21(16-28-23)19-4-5-19/h6-9,14,16-17,19H,4-5,10-13,15H2,1-3H3,(H2,29,30,34,35). The van der Waals surface area contributed by atoms with E-state index in [9.17, 15) is 14.4 Å². The molecule has 1 saturated carbocycles. The third-order valence-electron chi connectivity index (χ3n) is 7.27. The first-order valence-electron chi connectivity index (χ1n) is 12.5. The molecule has 1 aliphatic carbocycles. The number of hydrogen-bond acceptors (Lipinski definition) is 5. The number of aromatic nitrogens is 1. The number of piperazine rings is 1. The zero-order valence-corrected chi connectivity index (χ0v) is 20.6. The summed E-state index contributed by atoms with van der Waals surface area (Å²) in [5.74, 6) is 1.52. The predicted molar refractivity (Wildman–Crippen MR) is 133 cm³/mol. The summed E-state index contributed by atoms with van der Waals surface area (Å²) in [5.41, 5.74) is 2.71. The number of amides is 4. The van der Waals surface area contributed by atoms with E-state index in [0.717, 1.165) is 18.9 Å². The van der Waals surface area contributed by atoms with Gasteiger partial charge in [0, 0.05) is 37.9 Å². The number of rotatable bonds is 6. The van der Waals surface area contributed by atoms with Crippen LogP contribution in [0.2, 0.25) is 0 Å². The lowest BCUT2D eigenvalue weighted by atomic mass is 9.82. The molecule has 184 valence electrons. The van der Waals surface area contributed by atoms with Gasteiger partial charge in [0.2, 0.25) is 0 Å². The van der Waals surface area contributed by atoms with E-state index in [1.54, 1.807) is 24.3 Å². The summed E-state index contributed by atoms with van der Waals surface area (Å²) in [6.07, 6.45) is 5.03. The summed E-state index contributed by atoms with van der Waals surface area (Å²) in [4.78, 5) is 46.6. The van der Waals surface area contributed by atoms with Crippen LogP contribution in [-0.2, 0) is 10.3 Å². The monoisotopic (exact) mass is 475 g/mol. The molecule has 3 aliphatic rings. The van der Waals surface area contributed by atoms with E-state index in [-0.39, 0.29) is 17.7 Å². The highest BCUT2D eigenvalue weighted by Gasteiger charge is 2.47. The summed E-state index contributed by atoms with van der Waals surface area (Å²) in [6, 6.07) is 8.86. The van der Waals surface area contributed by atoms with Crippen molar-refractivity contribution >= 4 is 23.7 Å². The van der Waals surface area contributed by atoms with Crippen LogP contribution in [0.1, 0.15) is 66.1 Å². The van der Waals surface area contributed by atoms with E-state index in [1.807, 2.05) is 24.9 Å². The number of urea groups is 1. The van der Waals surface area contributed by atoms with Crippen LogP contribution in [0.5, 0.6) is 0 Å². The maximum atomic E-state index is 13.2. The summed E-state index contributed by atoms with van der Waals surface area (Å²) in [6.45, 7) is 8.87. The van der Waals surface area contributed by atoms with E-state index in [0.29, 0.717) is 36.6 Å². The van der Waals surface area contributed by atoms with Gasteiger partial charge >= 0.3 is 6.03 Å². The van der Waals surface area contributed by atoms with Crippen molar-refractivity contribution in [1.29, 1.82) is 0 Å². The SMILES string of the molecule is Cc1cc(C2CC2)cnc1N1CCN(C(=O)c2ccc(C3(CC(C)C)NC(=O)NC3=O)cc2)CC1. The molecule has 1 aromatic heterocycles. The topological polar surface area (TPSA) is 94.6 Å². The number of carbonyl (C=O) groups is 3. The van der Waals surface area contributed by atoms with Crippen molar-refractivity contribution < 1.29 is 14.4 Å². The molecule has 8 nitrogen and oxygen atoms in total. The van der Waals surface area contributed by atoms with Crippen LogP contribution in [0.15, 0.2) is 36.5 Å². The van der Waals surface area contributed by atoms with Crippen LogP contribution in [0.25, 0.3) is 0 Å². The second-order valence-corrected chi connectivity index (χ2v) is 10.5. The number of benzene rings is 1. The number of aryl methyl sites for hydroxylation is 1. The number of carbonyl (C=O) groups excluding carboxylic acids is 3. The molecule has 1 atom stereocenters. The predicted octanol–water partition coefficient (Wildman–Crippen LogP) is 3.31. The molecule has 2 saturated heterocycles. The van der Waals surface area contributed by atoms with E-state index >= 15 is 0 Å². The summed E-state index contributed by atoms with van der Waals surface area (Å²) >= 11 is 0. The van der Waals surface area contributed by atoms with Crippen LogP contribution in [0.4, 0.5) is 10.6 Å². The van der Waals surface area contributed by atoms with Gasteiger partial charge in [-0.15, -0.1) is 0 Å². The summed E-state index contributed by atoms with van der Waals surface area (Å²) in [5, 5.41) is 5.17. The van der Waals surface area contributed by atoms with Crippen molar-refractivity contribution in [2.45, 2.75) is 51.5 Å². The number of imide groups is 1. The minimum Gasteiger partial charge on any atom is -0.353 e. The molecule has 3 fully saturated rings. The molecule has 2 aromatic rings. The molecule has 8 heteroatoms. The maximum Gasteiger partial charge on any atom is 0.322 e. The Morgan fingerprint density at radius 1 is 1.11 bits per heavy atom. The third-order valence-corrected chi connectivity index (χ3v) is 7.27. The Morgan fingerprint density at radius 3 is 2.34 bits per heavy atom. The van der Waals surface area contributed by atoms with E-state index < -0.39 is 11.6 Å². The van der Waals surface area contributed by atoms with Crippen LogP contribution >= 0.6 is 0 Å². The molecule has 0 radical (unpaired) electrons. The molecule has 1 unspecified atom stereocenters. The van der Waals surface area contributed by atoms with Crippen LogP contribution in [0, 0.1) is 12.8 Å². The van der Waals surface area contributed by atoms with Crippen LogP contribution in [-0.4, -0.2) is 53.9 Å². The van der Waals surface area contributed by atoms with Gasteiger partial charge in [0.25, 0.3) is 11.8 Å². The van der Waals surface area contributed by atoms with Crippen molar-refractivity contribution in [3.05, 3.63) is 58.8 Å². The molecule has 0 spiro atoms. The molecule has 2 aliphatic heterocycles. The Hall–Kier alpha value is -3.42. The third kappa shape index (κ3) is 4.49. The Labute approximate surface area is 206 Å². The smallest absolute Gasteiger partial charge is 0.322 e. The van der Waals surface area contributed by atoms with Gasteiger partial charge in [0.15, 0.2) is 0 Å². The van der Waals surface area contributed by atoms with Crippen LogP contribution in [0.3, 0.4) is 0 Å². The number of pyridine rings is 1. The molecule has 3 heterocycles. The largest absolute Gasteiger partial charge is 0.353 e. The lowest BCUT2D eigenvalue weighted by Gasteiger charge is -2.36. The highest BCUT2D eigenvalue weighted by molar-refractivity contribution is 6.07. The first-order chi connectivity index (χ1) is 16.8. The van der Waals surface area contributed by atoms with Gasteiger partial charge in [0.05, 0.1) is 0 Å². The highest BCUT2D eigenvalue weighted by Crippen LogP contribution is 2.40. The van der Waals surface area contributed by atoms with Gasteiger partial charge in [-0.1, -0.05) is 32.0 Å². The average Bonchev–Trinajstić information content (AvgIpc) is 3.64. The lowest BCUT2D eigenvalue weighted by Crippen LogP contribution is -2.49. The fourth-order valence-electron chi connectivity index (χ4n) is 5.33. The Balaban J connectivity index is 1.25. The zero-order chi connectivity index (χ0) is 24.7. The first kappa shape index (κ1) is 23.3. The van der Waals surface area contributed by atoms with Gasteiger partial charge in [-0.3, -0.25) is 14.9 Å². The first-order valence-corrected chi connectivity index (χ1v) is 12.5. The molecule has 5 rings (SSSR count). The van der Waals surface area contributed by atoms with E-state index in [4.69, 9.17) is 4.98 Å². The molecule has 4 amide bonds. The molecule has 1 aromatic carbocycles. The molecule has 0 bridgehead atoms. The summed E-state index contributed by atoms with van der Waals surface area (Å²) < 4.78 is 0. The van der Waals surface area contributed by atoms with Gasteiger partial charge in [0.1, 0.15) is 11.4 Å². The Morgan fingerprint density at radius 2 is 1.80 bits per heavy atom. The van der Waals surface area contributed by atoms with Crippen molar-refractivity contribution in [3.63, 3.8) is 0 Å². The lowest BCUT2D eigenvalue weighted by molar-refractivity contribution is -0.124.